The average Bonchev–Trinajstić information content (AvgIpc) is 2.87. The molecule has 1 heterocycles. The minimum atomic E-state index is -0.332. The Balaban J connectivity index is 2.05. The van der Waals surface area contributed by atoms with Gasteiger partial charge < -0.3 is 10.1 Å². The molecule has 0 saturated heterocycles. The smallest absolute Gasteiger partial charge is 0.278 e. The van der Waals surface area contributed by atoms with Crippen LogP contribution < -0.4 is 10.1 Å². The molecule has 1 aliphatic heterocycles. The summed E-state index contributed by atoms with van der Waals surface area (Å²) in [5, 5.41) is 3.68. The van der Waals surface area contributed by atoms with Crippen molar-refractivity contribution in [3.63, 3.8) is 0 Å². The number of imide groups is 1. The number of carbonyl (C=O) groups is 2. The number of rotatable bonds is 6. The fraction of sp³-hybridized carbons (Fsp3) is 0.238. The molecule has 0 fully saturated rings. The van der Waals surface area contributed by atoms with Gasteiger partial charge in [0.2, 0.25) is 0 Å². The first-order valence-corrected chi connectivity index (χ1v) is 9.06. The van der Waals surface area contributed by atoms with Crippen LogP contribution in [0.3, 0.4) is 0 Å². The third kappa shape index (κ3) is 3.98. The van der Waals surface area contributed by atoms with Gasteiger partial charge in [0, 0.05) is 23.3 Å². The van der Waals surface area contributed by atoms with Gasteiger partial charge in [-0.2, -0.15) is 0 Å². The maximum atomic E-state index is 13.0. The summed E-state index contributed by atoms with van der Waals surface area (Å²) in [6.07, 6.45) is 0. The summed E-state index contributed by atoms with van der Waals surface area (Å²) in [4.78, 5) is 27.3. The zero-order chi connectivity index (χ0) is 19.6. The van der Waals surface area contributed by atoms with Gasteiger partial charge in [-0.15, -0.1) is 0 Å². The van der Waals surface area contributed by atoms with Crippen molar-refractivity contribution >= 4 is 34.7 Å². The second-order valence-corrected chi connectivity index (χ2v) is 7.17. The molecule has 0 bridgehead atoms. The Hall–Kier alpha value is -2.79. The van der Waals surface area contributed by atoms with E-state index in [0.29, 0.717) is 34.1 Å². The predicted octanol–water partition coefficient (Wildman–Crippen LogP) is 4.20. The van der Waals surface area contributed by atoms with Crippen LogP contribution in [0.2, 0.25) is 5.02 Å². The fourth-order valence-corrected chi connectivity index (χ4v) is 3.08. The number of amides is 2. The lowest BCUT2D eigenvalue weighted by Gasteiger charge is -2.17. The highest BCUT2D eigenvalue weighted by atomic mass is 35.5. The van der Waals surface area contributed by atoms with Crippen molar-refractivity contribution in [3.8, 4) is 5.75 Å². The summed E-state index contributed by atoms with van der Waals surface area (Å²) < 4.78 is 5.23. The normalized spacial score (nSPS) is 14.3. The second kappa shape index (κ2) is 7.84. The van der Waals surface area contributed by atoms with E-state index in [-0.39, 0.29) is 23.4 Å². The van der Waals surface area contributed by atoms with Crippen molar-refractivity contribution in [1.29, 1.82) is 0 Å². The molecule has 2 amide bonds. The van der Waals surface area contributed by atoms with Crippen LogP contribution in [-0.2, 0) is 9.59 Å². The van der Waals surface area contributed by atoms with Crippen LogP contribution in [0.4, 0.5) is 5.69 Å². The number of nitrogens with zero attached hydrogens (tertiary/aromatic N) is 1. The molecule has 0 aliphatic carbocycles. The maximum Gasteiger partial charge on any atom is 0.278 e. The third-order valence-electron chi connectivity index (χ3n) is 4.19. The quantitative estimate of drug-likeness (QED) is 0.758. The number of benzene rings is 2. The van der Waals surface area contributed by atoms with Crippen LogP contribution in [0.5, 0.6) is 5.75 Å². The lowest BCUT2D eigenvalue weighted by Crippen LogP contribution is -2.35. The number of hydrogen-bond donors (Lipinski definition) is 1. The molecule has 2 aromatic rings. The van der Waals surface area contributed by atoms with Crippen LogP contribution >= 0.6 is 11.6 Å². The molecule has 3 rings (SSSR count). The number of anilines is 1. The molecule has 0 saturated carbocycles. The number of nitrogens with one attached hydrogen (secondary N) is 1. The van der Waals surface area contributed by atoms with E-state index < -0.39 is 0 Å². The Labute approximate surface area is 163 Å². The molecule has 27 heavy (non-hydrogen) atoms. The second-order valence-electron chi connectivity index (χ2n) is 6.73. The standard InChI is InChI=1S/C21H21ClN2O3/c1-13(2)12-24-20(25)18(14-7-9-15(22)10-8-14)19(21(24)26)23-16-5-4-6-17(11-16)27-3/h4-11,13,23H,12H2,1-3H3. The van der Waals surface area contributed by atoms with Gasteiger partial charge in [-0.3, -0.25) is 14.5 Å². The van der Waals surface area contributed by atoms with Crippen molar-refractivity contribution in [1.82, 2.24) is 4.90 Å². The van der Waals surface area contributed by atoms with Crippen molar-refractivity contribution in [2.75, 3.05) is 19.0 Å². The van der Waals surface area contributed by atoms with Crippen LogP contribution in [0.25, 0.3) is 5.57 Å². The van der Waals surface area contributed by atoms with Gasteiger partial charge in [0.05, 0.1) is 12.7 Å². The first-order valence-electron chi connectivity index (χ1n) is 8.68. The minimum absolute atomic E-state index is 0.167. The Morgan fingerprint density at radius 3 is 2.41 bits per heavy atom. The lowest BCUT2D eigenvalue weighted by atomic mass is 10.0. The molecule has 0 aromatic heterocycles. The summed E-state index contributed by atoms with van der Waals surface area (Å²) in [7, 11) is 1.58. The van der Waals surface area contributed by atoms with Crippen molar-refractivity contribution in [3.05, 3.63) is 64.8 Å². The topological polar surface area (TPSA) is 58.6 Å². The summed E-state index contributed by atoms with van der Waals surface area (Å²) in [5.41, 5.74) is 1.93. The Morgan fingerprint density at radius 1 is 1.07 bits per heavy atom. The lowest BCUT2D eigenvalue weighted by molar-refractivity contribution is -0.137. The van der Waals surface area contributed by atoms with Gasteiger partial charge in [-0.25, -0.2) is 0 Å². The van der Waals surface area contributed by atoms with Crippen molar-refractivity contribution in [2.45, 2.75) is 13.8 Å². The average molecular weight is 385 g/mol. The Kier molecular flexibility index (Phi) is 5.51. The molecule has 5 nitrogen and oxygen atoms in total. The van der Waals surface area contributed by atoms with Gasteiger partial charge >= 0.3 is 0 Å². The summed E-state index contributed by atoms with van der Waals surface area (Å²) >= 11 is 5.97. The third-order valence-corrected chi connectivity index (χ3v) is 4.44. The van der Waals surface area contributed by atoms with Gasteiger partial charge in [0.15, 0.2) is 0 Å². The maximum absolute atomic E-state index is 13.0. The molecule has 0 spiro atoms. The molecule has 1 N–H and O–H groups in total. The van der Waals surface area contributed by atoms with Crippen LogP contribution in [0, 0.1) is 5.92 Å². The Morgan fingerprint density at radius 2 is 1.78 bits per heavy atom. The largest absolute Gasteiger partial charge is 0.497 e. The van der Waals surface area contributed by atoms with E-state index in [1.807, 2.05) is 32.0 Å². The SMILES string of the molecule is COc1cccc(NC2=C(c3ccc(Cl)cc3)C(=O)N(CC(C)C)C2=O)c1. The highest BCUT2D eigenvalue weighted by Gasteiger charge is 2.39. The van der Waals surface area contributed by atoms with E-state index in [1.165, 1.54) is 4.90 Å². The van der Waals surface area contributed by atoms with Crippen molar-refractivity contribution in [2.24, 2.45) is 5.92 Å². The molecule has 0 radical (unpaired) electrons. The molecule has 0 unspecified atom stereocenters. The molecule has 1 aliphatic rings. The van der Waals surface area contributed by atoms with Gasteiger partial charge in [0.25, 0.3) is 11.8 Å². The Bertz CT molecular complexity index is 904. The fourth-order valence-electron chi connectivity index (χ4n) is 2.95. The number of ether oxygens (including phenoxy) is 1. The van der Waals surface area contributed by atoms with E-state index in [9.17, 15) is 9.59 Å². The predicted molar refractivity (Wildman–Crippen MR) is 107 cm³/mol. The highest BCUT2D eigenvalue weighted by Crippen LogP contribution is 2.32. The van der Waals surface area contributed by atoms with Gasteiger partial charge in [-0.05, 0) is 35.7 Å². The molecular formula is C21H21ClN2O3. The number of carbonyl (C=O) groups excluding carboxylic acids is 2. The van der Waals surface area contributed by atoms with E-state index in [1.54, 1.807) is 37.4 Å². The monoisotopic (exact) mass is 384 g/mol. The number of halogens is 1. The van der Waals surface area contributed by atoms with E-state index in [4.69, 9.17) is 16.3 Å². The first-order chi connectivity index (χ1) is 12.9. The van der Waals surface area contributed by atoms with E-state index in [0.717, 1.165) is 0 Å². The van der Waals surface area contributed by atoms with Crippen molar-refractivity contribution < 1.29 is 14.3 Å². The molecule has 0 atom stereocenters. The number of methoxy groups -OCH3 is 1. The van der Waals surface area contributed by atoms with Crippen LogP contribution in [0.15, 0.2) is 54.2 Å². The van der Waals surface area contributed by atoms with Gasteiger partial charge in [-0.1, -0.05) is 43.6 Å². The zero-order valence-electron chi connectivity index (χ0n) is 15.5. The van der Waals surface area contributed by atoms with Crippen LogP contribution in [0.1, 0.15) is 19.4 Å². The molecule has 140 valence electrons. The summed E-state index contributed by atoms with van der Waals surface area (Å²) in [5.74, 6) is 0.188. The molecule has 2 aromatic carbocycles. The van der Waals surface area contributed by atoms with E-state index in [2.05, 4.69) is 5.32 Å². The highest BCUT2D eigenvalue weighted by molar-refractivity contribution is 6.36. The van der Waals surface area contributed by atoms with Crippen LogP contribution in [-0.4, -0.2) is 30.4 Å². The van der Waals surface area contributed by atoms with E-state index >= 15 is 0 Å². The molecule has 6 heteroatoms. The first kappa shape index (κ1) is 19.0. The summed E-state index contributed by atoms with van der Waals surface area (Å²) in [6, 6.07) is 14.1. The number of hydrogen-bond acceptors (Lipinski definition) is 4. The van der Waals surface area contributed by atoms with Gasteiger partial charge in [0.1, 0.15) is 11.4 Å². The summed E-state index contributed by atoms with van der Waals surface area (Å²) in [6.45, 7) is 4.30. The minimum Gasteiger partial charge on any atom is -0.497 e. The molecular weight excluding hydrogens is 364 g/mol. The zero-order valence-corrected chi connectivity index (χ0v) is 16.2.